The Morgan fingerprint density at radius 2 is 1.12 bits per heavy atom. The van der Waals surface area contributed by atoms with Gasteiger partial charge in [0.15, 0.2) is 0 Å². The summed E-state index contributed by atoms with van der Waals surface area (Å²) in [4.78, 5) is 0. The van der Waals surface area contributed by atoms with Gasteiger partial charge in [-0.3, -0.25) is 0 Å². The second-order valence-electron chi connectivity index (χ2n) is 6.37. The van der Waals surface area contributed by atoms with Gasteiger partial charge >= 0.3 is 0 Å². The first kappa shape index (κ1) is 18.3. The van der Waals surface area contributed by atoms with Crippen molar-refractivity contribution in [1.82, 2.24) is 0 Å². The highest BCUT2D eigenvalue weighted by Gasteiger charge is 2.20. The lowest BCUT2D eigenvalue weighted by molar-refractivity contribution is 0.299. The molecule has 2 aromatic carbocycles. The average Bonchev–Trinajstić information content (AvgIpc) is 2.54. The van der Waals surface area contributed by atoms with E-state index in [9.17, 15) is 20.4 Å². The summed E-state index contributed by atoms with van der Waals surface area (Å²) in [5, 5.41) is 39.3. The summed E-state index contributed by atoms with van der Waals surface area (Å²) in [7, 11) is 0. The summed E-state index contributed by atoms with van der Waals surface area (Å²) in [6, 6.07) is 7.51. The highest BCUT2D eigenvalue weighted by Crippen LogP contribution is 2.39. The van der Waals surface area contributed by atoms with Crippen LogP contribution < -0.4 is 0 Å². The lowest BCUT2D eigenvalue weighted by Gasteiger charge is -2.20. The summed E-state index contributed by atoms with van der Waals surface area (Å²) in [5.74, 6) is 0.224. The molecule has 2 rings (SSSR count). The average molecular weight is 330 g/mol. The van der Waals surface area contributed by atoms with Crippen LogP contribution in [0, 0.1) is 13.8 Å². The van der Waals surface area contributed by atoms with Gasteiger partial charge in [0.1, 0.15) is 11.5 Å². The Bertz CT molecular complexity index is 661. The largest absolute Gasteiger partial charge is 0.507 e. The molecule has 0 radical (unpaired) electrons. The molecule has 0 aromatic heterocycles. The molecule has 24 heavy (non-hydrogen) atoms. The molecule has 0 aliphatic heterocycles. The van der Waals surface area contributed by atoms with Gasteiger partial charge in [0.25, 0.3) is 0 Å². The number of hydrogen-bond donors (Lipinski definition) is 4. The molecule has 0 aliphatic rings. The summed E-state index contributed by atoms with van der Waals surface area (Å²) < 4.78 is 0. The molecule has 0 aliphatic carbocycles. The molecule has 0 fully saturated rings. The Hall–Kier alpha value is -2.04. The Kier molecular flexibility index (Phi) is 5.86. The summed E-state index contributed by atoms with van der Waals surface area (Å²) in [6.45, 7) is 5.70. The minimum absolute atomic E-state index is 0.0500. The van der Waals surface area contributed by atoms with Gasteiger partial charge in [0.2, 0.25) is 0 Å². The third kappa shape index (κ3) is 3.71. The maximum absolute atomic E-state index is 10.5. The van der Waals surface area contributed by atoms with Crippen LogP contribution in [0.4, 0.5) is 0 Å². The second-order valence-corrected chi connectivity index (χ2v) is 6.37. The molecule has 0 saturated heterocycles. The number of aryl methyl sites for hydroxylation is 2. The van der Waals surface area contributed by atoms with E-state index in [-0.39, 0.29) is 30.6 Å². The predicted octanol–water partition coefficient (Wildman–Crippen LogP) is 2.94. The molecule has 0 bridgehead atoms. The normalized spacial score (nSPS) is 11.2. The molecule has 130 valence electrons. The van der Waals surface area contributed by atoms with Crippen LogP contribution >= 0.6 is 0 Å². The highest BCUT2D eigenvalue weighted by molar-refractivity contribution is 5.53. The van der Waals surface area contributed by atoms with Crippen molar-refractivity contribution in [3.8, 4) is 11.5 Å². The van der Waals surface area contributed by atoms with Crippen molar-refractivity contribution in [1.29, 1.82) is 0 Å². The molecule has 4 heteroatoms. The van der Waals surface area contributed by atoms with Crippen LogP contribution in [0.1, 0.15) is 46.2 Å². The number of phenolic OH excluding ortho intramolecular Hbond substituents is 2. The fraction of sp³-hybridized carbons (Fsp3) is 0.400. The number of rotatable bonds is 6. The third-order valence-corrected chi connectivity index (χ3v) is 4.51. The summed E-state index contributed by atoms with van der Waals surface area (Å²) in [6.07, 6.45) is 1.05. The van der Waals surface area contributed by atoms with Crippen LogP contribution in [0.3, 0.4) is 0 Å². The van der Waals surface area contributed by atoms with Crippen molar-refractivity contribution < 1.29 is 20.4 Å². The lowest BCUT2D eigenvalue weighted by Crippen LogP contribution is -2.03. The minimum atomic E-state index is -0.209. The van der Waals surface area contributed by atoms with Gasteiger partial charge < -0.3 is 20.4 Å². The van der Waals surface area contributed by atoms with Crippen molar-refractivity contribution in [2.24, 2.45) is 0 Å². The minimum Gasteiger partial charge on any atom is -0.507 e. The van der Waals surface area contributed by atoms with E-state index in [0.717, 1.165) is 33.4 Å². The highest BCUT2D eigenvalue weighted by atomic mass is 16.3. The number of aliphatic hydroxyl groups excluding tert-OH is 2. The van der Waals surface area contributed by atoms with Gasteiger partial charge in [-0.05, 0) is 48.9 Å². The van der Waals surface area contributed by atoms with Gasteiger partial charge in [0.05, 0.1) is 0 Å². The van der Waals surface area contributed by atoms with Gasteiger partial charge in [-0.2, -0.15) is 0 Å². The van der Waals surface area contributed by atoms with Crippen LogP contribution in [-0.2, 0) is 12.8 Å². The van der Waals surface area contributed by atoms with Gasteiger partial charge in [-0.15, -0.1) is 0 Å². The van der Waals surface area contributed by atoms with Gasteiger partial charge in [-0.25, -0.2) is 0 Å². The smallest absolute Gasteiger partial charge is 0.122 e. The van der Waals surface area contributed by atoms with E-state index in [4.69, 9.17) is 0 Å². The van der Waals surface area contributed by atoms with E-state index in [1.165, 1.54) is 0 Å². The number of hydrogen-bond acceptors (Lipinski definition) is 4. The zero-order chi connectivity index (χ0) is 17.9. The van der Waals surface area contributed by atoms with Crippen LogP contribution in [0.5, 0.6) is 11.5 Å². The van der Waals surface area contributed by atoms with E-state index >= 15 is 0 Å². The molecule has 0 atom stereocenters. The summed E-state index contributed by atoms with van der Waals surface area (Å²) >= 11 is 0. The number of aliphatic hydroxyl groups is 2. The van der Waals surface area contributed by atoms with Crippen LogP contribution in [0.2, 0.25) is 0 Å². The second kappa shape index (κ2) is 7.69. The molecular weight excluding hydrogens is 304 g/mol. The first-order valence-corrected chi connectivity index (χ1v) is 8.25. The van der Waals surface area contributed by atoms with Crippen LogP contribution in [0.25, 0.3) is 0 Å². The quantitative estimate of drug-likeness (QED) is 0.656. The third-order valence-electron chi connectivity index (χ3n) is 4.51. The Balaban J connectivity index is 2.54. The maximum Gasteiger partial charge on any atom is 0.122 e. The number of benzene rings is 2. The molecule has 4 N–H and O–H groups in total. The van der Waals surface area contributed by atoms with Crippen molar-refractivity contribution in [3.63, 3.8) is 0 Å². The number of phenols is 2. The molecule has 0 amide bonds. The predicted molar refractivity (Wildman–Crippen MR) is 94.8 cm³/mol. The van der Waals surface area contributed by atoms with Gasteiger partial charge in [-0.1, -0.05) is 31.2 Å². The molecule has 0 unspecified atom stereocenters. The first-order valence-electron chi connectivity index (χ1n) is 8.25. The van der Waals surface area contributed by atoms with Gasteiger partial charge in [0, 0.05) is 30.3 Å². The van der Waals surface area contributed by atoms with Crippen LogP contribution in [-0.4, -0.2) is 33.6 Å². The Labute approximate surface area is 143 Å². The van der Waals surface area contributed by atoms with E-state index < -0.39 is 0 Å². The topological polar surface area (TPSA) is 80.9 Å². The SMILES string of the molecule is Cc1cc(CCO)cc(C(C)c2cc(CCO)cc(C)c2O)c1O. The van der Waals surface area contributed by atoms with E-state index in [1.54, 1.807) is 0 Å². The maximum atomic E-state index is 10.5. The van der Waals surface area contributed by atoms with E-state index in [2.05, 4.69) is 0 Å². The zero-order valence-corrected chi connectivity index (χ0v) is 14.5. The summed E-state index contributed by atoms with van der Waals surface area (Å²) in [5.41, 5.74) is 4.88. The molecule has 0 saturated carbocycles. The monoisotopic (exact) mass is 330 g/mol. The van der Waals surface area contributed by atoms with Crippen LogP contribution in [0.15, 0.2) is 24.3 Å². The first-order chi connectivity index (χ1) is 11.4. The van der Waals surface area contributed by atoms with Crippen molar-refractivity contribution >= 4 is 0 Å². The number of aromatic hydroxyl groups is 2. The fourth-order valence-corrected chi connectivity index (χ4v) is 3.14. The molecular formula is C20H26O4. The van der Waals surface area contributed by atoms with Crippen molar-refractivity contribution in [3.05, 3.63) is 57.6 Å². The van der Waals surface area contributed by atoms with E-state index in [0.29, 0.717) is 12.8 Å². The molecule has 0 heterocycles. The standard InChI is InChI=1S/C20H26O4/c1-12-8-15(4-6-21)10-17(19(12)23)14(3)18-11-16(5-7-22)9-13(2)20(18)24/h8-11,14,21-24H,4-7H2,1-3H3. The van der Waals surface area contributed by atoms with Crippen molar-refractivity contribution in [2.45, 2.75) is 39.5 Å². The fourth-order valence-electron chi connectivity index (χ4n) is 3.14. The lowest BCUT2D eigenvalue weighted by atomic mass is 9.86. The molecule has 4 nitrogen and oxygen atoms in total. The Morgan fingerprint density at radius 3 is 1.46 bits per heavy atom. The molecule has 0 spiro atoms. The Morgan fingerprint density at radius 1 is 0.750 bits per heavy atom. The van der Waals surface area contributed by atoms with E-state index in [1.807, 2.05) is 45.0 Å². The zero-order valence-electron chi connectivity index (χ0n) is 14.5. The van der Waals surface area contributed by atoms with Crippen molar-refractivity contribution in [2.75, 3.05) is 13.2 Å². The molecule has 2 aromatic rings.